The molecule has 2 aliphatic rings. The number of nitrogens with zero attached hydrogens (tertiary/aromatic N) is 1. The van der Waals surface area contributed by atoms with E-state index >= 15 is 0 Å². The van der Waals surface area contributed by atoms with E-state index in [1.165, 1.54) is 72.3 Å². The molecule has 65 heavy (non-hydrogen) atoms. The van der Waals surface area contributed by atoms with Crippen molar-refractivity contribution >= 4 is 17.1 Å². The zero-order valence-electron chi connectivity index (χ0n) is 35.8. The molecule has 12 rings (SSSR count). The zero-order valence-corrected chi connectivity index (χ0v) is 35.8. The molecular formula is C63H45NO. The average molecular weight is 832 g/mol. The molecule has 10 aromatic rings. The molecule has 0 spiro atoms. The van der Waals surface area contributed by atoms with Crippen LogP contribution in [-0.2, 0) is 5.41 Å². The molecule has 0 saturated carbocycles. The van der Waals surface area contributed by atoms with Gasteiger partial charge in [0, 0.05) is 28.5 Å². The van der Waals surface area contributed by atoms with Crippen LogP contribution in [0, 0.1) is 0 Å². The first kappa shape index (κ1) is 38.5. The second-order valence-corrected chi connectivity index (χ2v) is 17.2. The number of anilines is 3. The summed E-state index contributed by atoms with van der Waals surface area (Å²) in [5.41, 5.74) is 18.8. The molecule has 2 nitrogen and oxygen atoms in total. The Morgan fingerprint density at radius 1 is 0.308 bits per heavy atom. The topological polar surface area (TPSA) is 12.5 Å². The Bertz CT molecular complexity index is 3120. The molecule has 1 heterocycles. The van der Waals surface area contributed by atoms with Crippen molar-refractivity contribution in [1.82, 2.24) is 0 Å². The van der Waals surface area contributed by atoms with Gasteiger partial charge in [-0.3, -0.25) is 0 Å². The average Bonchev–Trinajstić information content (AvgIpc) is 3.92. The van der Waals surface area contributed by atoms with E-state index in [9.17, 15) is 0 Å². The van der Waals surface area contributed by atoms with Crippen molar-refractivity contribution in [2.75, 3.05) is 4.90 Å². The van der Waals surface area contributed by atoms with E-state index in [2.05, 4.69) is 266 Å². The summed E-state index contributed by atoms with van der Waals surface area (Å²) in [7, 11) is 0. The third-order valence-electron chi connectivity index (χ3n) is 13.7. The second-order valence-electron chi connectivity index (χ2n) is 17.2. The van der Waals surface area contributed by atoms with Gasteiger partial charge in [0.25, 0.3) is 0 Å². The Labute approximate surface area is 381 Å². The predicted molar refractivity (Wildman–Crippen MR) is 268 cm³/mol. The first-order chi connectivity index (χ1) is 32.2. The Balaban J connectivity index is 0.873. The number of hydrogen-bond donors (Lipinski definition) is 0. The number of para-hydroxylation sites is 1. The molecule has 0 amide bonds. The summed E-state index contributed by atoms with van der Waals surface area (Å²) in [5, 5.41) is 0. The largest absolute Gasteiger partial charge is 0.485 e. The molecule has 2 heteroatoms. The lowest BCUT2D eigenvalue weighted by Crippen LogP contribution is -2.33. The lowest BCUT2D eigenvalue weighted by Gasteiger charge is -2.37. The molecule has 2 atom stereocenters. The van der Waals surface area contributed by atoms with Crippen molar-refractivity contribution in [3.05, 3.63) is 289 Å². The maximum atomic E-state index is 6.95. The van der Waals surface area contributed by atoms with E-state index in [4.69, 9.17) is 4.74 Å². The third-order valence-corrected chi connectivity index (χ3v) is 13.7. The quantitative estimate of drug-likeness (QED) is 0.144. The Hall–Kier alpha value is -8.20. The highest BCUT2D eigenvalue weighted by Gasteiger charge is 2.59. The predicted octanol–water partition coefficient (Wildman–Crippen LogP) is 16.4. The van der Waals surface area contributed by atoms with Crippen LogP contribution in [0.15, 0.2) is 261 Å². The highest BCUT2D eigenvalue weighted by atomic mass is 16.5. The minimum Gasteiger partial charge on any atom is -0.485 e. The van der Waals surface area contributed by atoms with Crippen LogP contribution in [0.1, 0.15) is 39.8 Å². The van der Waals surface area contributed by atoms with E-state index in [0.717, 1.165) is 22.8 Å². The van der Waals surface area contributed by atoms with Crippen molar-refractivity contribution in [3.8, 4) is 50.3 Å². The first-order valence-electron chi connectivity index (χ1n) is 22.6. The molecule has 0 radical (unpaired) electrons. The summed E-state index contributed by atoms with van der Waals surface area (Å²) in [5.74, 6) is 1.08. The van der Waals surface area contributed by atoms with Gasteiger partial charge in [0.1, 0.15) is 11.9 Å². The van der Waals surface area contributed by atoms with Crippen LogP contribution in [0.5, 0.6) is 5.75 Å². The Morgan fingerprint density at radius 2 is 0.662 bits per heavy atom. The molecule has 2 unspecified atom stereocenters. The molecule has 10 aromatic carbocycles. The summed E-state index contributed by atoms with van der Waals surface area (Å²) >= 11 is 0. The van der Waals surface area contributed by atoms with Gasteiger partial charge in [0.2, 0.25) is 0 Å². The lowest BCUT2D eigenvalue weighted by molar-refractivity contribution is 0.207. The fourth-order valence-corrected chi connectivity index (χ4v) is 10.6. The maximum Gasteiger partial charge on any atom is 0.133 e. The van der Waals surface area contributed by atoms with Gasteiger partial charge in [-0.1, -0.05) is 212 Å². The number of rotatable bonds is 9. The van der Waals surface area contributed by atoms with E-state index < -0.39 is 5.41 Å². The van der Waals surface area contributed by atoms with Crippen molar-refractivity contribution in [2.45, 2.75) is 17.4 Å². The molecule has 0 saturated heterocycles. The molecule has 0 aromatic heterocycles. The van der Waals surface area contributed by atoms with E-state index in [1.807, 2.05) is 0 Å². The minimum atomic E-state index is -0.406. The molecule has 0 N–H and O–H groups in total. The summed E-state index contributed by atoms with van der Waals surface area (Å²) in [6.45, 7) is 0. The highest BCUT2D eigenvalue weighted by Crippen LogP contribution is 2.66. The van der Waals surface area contributed by atoms with Crippen LogP contribution >= 0.6 is 0 Å². The summed E-state index contributed by atoms with van der Waals surface area (Å²) in [6, 6.07) is 94.7. The van der Waals surface area contributed by atoms with Crippen LogP contribution < -0.4 is 9.64 Å². The van der Waals surface area contributed by atoms with Crippen molar-refractivity contribution in [3.63, 3.8) is 0 Å². The SMILES string of the molecule is c1ccc(-c2ccc(N(c3ccc(-c4ccccc4)cc3)c3ccc(-c4ccc(-c5ccc6c(c5)C5Oc7ccccc7C5C6(c5ccccc5)c5ccccc5)cc4)cc3)cc2)cc1. The van der Waals surface area contributed by atoms with Crippen LogP contribution in [0.2, 0.25) is 0 Å². The lowest BCUT2D eigenvalue weighted by atomic mass is 9.63. The van der Waals surface area contributed by atoms with E-state index in [1.54, 1.807) is 0 Å². The molecule has 1 aliphatic heterocycles. The fourth-order valence-electron chi connectivity index (χ4n) is 10.6. The molecule has 308 valence electrons. The van der Waals surface area contributed by atoms with Gasteiger partial charge in [0.05, 0.1) is 5.41 Å². The van der Waals surface area contributed by atoms with Crippen LogP contribution in [0.25, 0.3) is 44.5 Å². The number of ether oxygens (including phenoxy) is 1. The van der Waals surface area contributed by atoms with Crippen molar-refractivity contribution in [2.24, 2.45) is 0 Å². The monoisotopic (exact) mass is 831 g/mol. The standard InChI is InChI=1S/C63H45NO/c1-5-15-44(16-6-1)47-29-36-54(37-30-47)64(55-38-31-48(32-39-55)45-17-7-2-8-18-45)56-40-33-49(34-41-56)46-25-27-50(28-26-46)51-35-42-59-58(43-51)62-61(57-23-13-14-24-60(57)65-62)63(59,52-19-9-3-10-20-52)53-21-11-4-12-22-53/h1-43,61-62H. The molecule has 0 bridgehead atoms. The Morgan fingerprint density at radius 3 is 1.12 bits per heavy atom. The van der Waals surface area contributed by atoms with Crippen LogP contribution in [0.3, 0.4) is 0 Å². The van der Waals surface area contributed by atoms with E-state index in [0.29, 0.717) is 0 Å². The van der Waals surface area contributed by atoms with Gasteiger partial charge in [0.15, 0.2) is 0 Å². The Kier molecular flexibility index (Phi) is 9.57. The maximum absolute atomic E-state index is 6.95. The second kappa shape index (κ2) is 16.2. The third kappa shape index (κ3) is 6.65. The summed E-state index contributed by atoms with van der Waals surface area (Å²) in [6.07, 6.45) is -0.108. The first-order valence-corrected chi connectivity index (χ1v) is 22.6. The van der Waals surface area contributed by atoms with E-state index in [-0.39, 0.29) is 12.0 Å². The smallest absolute Gasteiger partial charge is 0.133 e. The number of fused-ring (bicyclic) bond motifs is 5. The van der Waals surface area contributed by atoms with Gasteiger partial charge < -0.3 is 9.64 Å². The zero-order chi connectivity index (χ0) is 43.2. The minimum absolute atomic E-state index is 0.0947. The van der Waals surface area contributed by atoms with Gasteiger partial charge in [-0.05, 0) is 115 Å². The normalized spacial score (nSPS) is 15.3. The van der Waals surface area contributed by atoms with Gasteiger partial charge in [-0.2, -0.15) is 0 Å². The van der Waals surface area contributed by atoms with Crippen LogP contribution in [0.4, 0.5) is 17.1 Å². The van der Waals surface area contributed by atoms with Gasteiger partial charge in [-0.25, -0.2) is 0 Å². The number of benzene rings is 10. The molecular weight excluding hydrogens is 787 g/mol. The van der Waals surface area contributed by atoms with Gasteiger partial charge in [-0.15, -0.1) is 0 Å². The molecule has 1 aliphatic carbocycles. The summed E-state index contributed by atoms with van der Waals surface area (Å²) in [4.78, 5) is 2.34. The van der Waals surface area contributed by atoms with Crippen molar-refractivity contribution in [1.29, 1.82) is 0 Å². The highest BCUT2D eigenvalue weighted by molar-refractivity contribution is 5.82. The van der Waals surface area contributed by atoms with Gasteiger partial charge >= 0.3 is 0 Å². The van der Waals surface area contributed by atoms with Crippen molar-refractivity contribution < 1.29 is 4.74 Å². The molecule has 0 fully saturated rings. The van der Waals surface area contributed by atoms with Crippen LogP contribution in [-0.4, -0.2) is 0 Å². The fraction of sp³-hybridized carbons (Fsp3) is 0.0476. The number of hydrogen-bond acceptors (Lipinski definition) is 2. The summed E-state index contributed by atoms with van der Waals surface area (Å²) < 4.78 is 6.95.